The van der Waals surface area contributed by atoms with Crippen LogP contribution in [0.15, 0.2) is 29.2 Å². The van der Waals surface area contributed by atoms with Crippen LogP contribution in [-0.4, -0.2) is 48.8 Å². The van der Waals surface area contributed by atoms with Gasteiger partial charge in [0, 0.05) is 25.5 Å². The molecular weight excluding hydrogens is 362 g/mol. The van der Waals surface area contributed by atoms with Crippen molar-refractivity contribution in [2.24, 2.45) is 5.92 Å². The van der Waals surface area contributed by atoms with Gasteiger partial charge in [0.25, 0.3) is 11.8 Å². The minimum atomic E-state index is -0.227. The first-order chi connectivity index (χ1) is 12.8. The average Bonchev–Trinajstić information content (AvgIpc) is 2.84. The number of hydrogen-bond donors (Lipinski definition) is 0. The Bertz CT molecular complexity index is 695. The number of ether oxygens (including phenoxy) is 2. The molecule has 0 radical (unpaired) electrons. The molecule has 0 N–H and O–H groups in total. The van der Waals surface area contributed by atoms with Gasteiger partial charge in [0.15, 0.2) is 0 Å². The van der Waals surface area contributed by atoms with E-state index in [9.17, 15) is 9.59 Å². The van der Waals surface area contributed by atoms with Gasteiger partial charge in [0.1, 0.15) is 5.75 Å². The van der Waals surface area contributed by atoms with Crippen molar-refractivity contribution in [3.63, 3.8) is 0 Å². The summed E-state index contributed by atoms with van der Waals surface area (Å²) in [7, 11) is 1.61. The molecule has 1 aromatic carbocycles. The van der Waals surface area contributed by atoms with Crippen molar-refractivity contribution in [1.29, 1.82) is 0 Å². The number of benzene rings is 1. The maximum Gasteiger partial charge on any atom is 0.267 e. The topological polar surface area (TPSA) is 55.8 Å². The van der Waals surface area contributed by atoms with E-state index >= 15 is 0 Å². The molecule has 5 nitrogen and oxygen atoms in total. The van der Waals surface area contributed by atoms with Gasteiger partial charge in [-0.25, -0.2) is 0 Å². The lowest BCUT2D eigenvalue weighted by atomic mass is 10.1. The number of rotatable bonds is 10. The molecule has 0 unspecified atom stereocenters. The van der Waals surface area contributed by atoms with E-state index in [1.54, 1.807) is 7.11 Å². The fourth-order valence-corrected chi connectivity index (χ4v) is 3.71. The minimum absolute atomic E-state index is 0.204. The zero-order valence-corrected chi connectivity index (χ0v) is 17.6. The first kappa shape index (κ1) is 21.5. The van der Waals surface area contributed by atoms with Gasteiger partial charge in [-0.15, -0.1) is 11.8 Å². The van der Waals surface area contributed by atoms with E-state index in [4.69, 9.17) is 9.47 Å². The molecule has 0 saturated carbocycles. The van der Waals surface area contributed by atoms with Gasteiger partial charge in [0.05, 0.1) is 17.1 Å². The molecule has 27 heavy (non-hydrogen) atoms. The van der Waals surface area contributed by atoms with Gasteiger partial charge in [-0.1, -0.05) is 39.8 Å². The molecule has 2 rings (SSSR count). The predicted molar refractivity (Wildman–Crippen MR) is 110 cm³/mol. The van der Waals surface area contributed by atoms with Crippen LogP contribution in [-0.2, 0) is 14.3 Å². The van der Waals surface area contributed by atoms with E-state index in [1.807, 2.05) is 38.1 Å². The van der Waals surface area contributed by atoms with Crippen LogP contribution in [0.1, 0.15) is 39.7 Å². The maximum atomic E-state index is 13.0. The number of imide groups is 1. The summed E-state index contributed by atoms with van der Waals surface area (Å²) in [5.74, 6) is 0.774. The molecule has 1 aliphatic heterocycles. The lowest BCUT2D eigenvalue weighted by Gasteiger charge is -2.15. The third-order valence-corrected chi connectivity index (χ3v) is 5.02. The molecule has 0 bridgehead atoms. The second-order valence-corrected chi connectivity index (χ2v) is 8.80. The molecule has 1 heterocycles. The van der Waals surface area contributed by atoms with Crippen molar-refractivity contribution in [2.75, 3.05) is 26.9 Å². The zero-order valence-electron chi connectivity index (χ0n) is 16.8. The van der Waals surface area contributed by atoms with E-state index < -0.39 is 0 Å². The highest BCUT2D eigenvalue weighted by Gasteiger charge is 2.39. The van der Waals surface area contributed by atoms with E-state index in [2.05, 4.69) is 13.8 Å². The molecule has 1 aliphatic rings. The normalized spacial score (nSPS) is 14.9. The van der Waals surface area contributed by atoms with Crippen LogP contribution in [0.25, 0.3) is 5.57 Å². The van der Waals surface area contributed by atoms with E-state index in [0.29, 0.717) is 42.6 Å². The first-order valence-electron chi connectivity index (χ1n) is 9.34. The first-order valence-corrected chi connectivity index (χ1v) is 10.2. The number of carbonyl (C=O) groups excluding carboxylic acids is 2. The molecule has 0 atom stereocenters. The Labute approximate surface area is 166 Å². The summed E-state index contributed by atoms with van der Waals surface area (Å²) in [6.07, 6.45) is 0.628. The summed E-state index contributed by atoms with van der Waals surface area (Å²) in [5.41, 5.74) is 1.24. The number of carbonyl (C=O) groups is 2. The summed E-state index contributed by atoms with van der Waals surface area (Å²) < 4.78 is 10.8. The molecular formula is C21H29NO4S. The maximum absolute atomic E-state index is 13.0. The van der Waals surface area contributed by atoms with E-state index in [-0.39, 0.29) is 17.1 Å². The van der Waals surface area contributed by atoms with Crippen LogP contribution in [0.5, 0.6) is 5.75 Å². The summed E-state index contributed by atoms with van der Waals surface area (Å²) in [4.78, 5) is 27.7. The Balaban J connectivity index is 2.27. The predicted octanol–water partition coefficient (Wildman–Crippen LogP) is 3.98. The number of nitrogens with zero attached hydrogens (tertiary/aromatic N) is 1. The van der Waals surface area contributed by atoms with Crippen LogP contribution >= 0.6 is 11.8 Å². The Hall–Kier alpha value is -1.79. The summed E-state index contributed by atoms with van der Waals surface area (Å²) in [6.45, 7) is 9.74. The quantitative estimate of drug-likeness (QED) is 0.446. The molecule has 0 aliphatic carbocycles. The third-order valence-electron chi connectivity index (χ3n) is 3.94. The number of amides is 2. The van der Waals surface area contributed by atoms with Crippen molar-refractivity contribution < 1.29 is 19.1 Å². The fraction of sp³-hybridized carbons (Fsp3) is 0.524. The molecule has 0 saturated heterocycles. The molecule has 6 heteroatoms. The van der Waals surface area contributed by atoms with Gasteiger partial charge in [-0.2, -0.15) is 0 Å². The molecule has 148 valence electrons. The number of methoxy groups -OCH3 is 1. The second kappa shape index (κ2) is 9.95. The Kier molecular flexibility index (Phi) is 7.92. The van der Waals surface area contributed by atoms with Gasteiger partial charge >= 0.3 is 0 Å². The van der Waals surface area contributed by atoms with Crippen LogP contribution < -0.4 is 4.74 Å². The van der Waals surface area contributed by atoms with Crippen molar-refractivity contribution in [3.8, 4) is 5.75 Å². The number of thioether (sulfide) groups is 1. The summed E-state index contributed by atoms with van der Waals surface area (Å²) in [5, 5.41) is 0.208. The third kappa shape index (κ3) is 5.59. The number of hydrogen-bond acceptors (Lipinski definition) is 5. The molecule has 0 spiro atoms. The van der Waals surface area contributed by atoms with Crippen molar-refractivity contribution in [1.82, 2.24) is 4.90 Å². The van der Waals surface area contributed by atoms with Gasteiger partial charge in [-0.3, -0.25) is 14.5 Å². The monoisotopic (exact) mass is 391 g/mol. The Morgan fingerprint density at radius 1 is 1.04 bits per heavy atom. The second-order valence-electron chi connectivity index (χ2n) is 7.21. The van der Waals surface area contributed by atoms with Crippen LogP contribution in [0.4, 0.5) is 0 Å². The molecule has 0 aromatic heterocycles. The molecule has 2 amide bonds. The zero-order chi connectivity index (χ0) is 20.0. The highest BCUT2D eigenvalue weighted by Crippen LogP contribution is 2.38. The van der Waals surface area contributed by atoms with E-state index in [1.165, 1.54) is 16.7 Å². The van der Waals surface area contributed by atoms with Gasteiger partial charge < -0.3 is 9.47 Å². The van der Waals surface area contributed by atoms with Crippen LogP contribution in [0.3, 0.4) is 0 Å². The van der Waals surface area contributed by atoms with Crippen LogP contribution in [0.2, 0.25) is 0 Å². The lowest BCUT2D eigenvalue weighted by Crippen LogP contribution is -2.33. The Morgan fingerprint density at radius 3 is 2.26 bits per heavy atom. The minimum Gasteiger partial charge on any atom is -0.493 e. The summed E-state index contributed by atoms with van der Waals surface area (Å²) >= 11 is 1.44. The largest absolute Gasteiger partial charge is 0.493 e. The van der Waals surface area contributed by atoms with Crippen molar-refractivity contribution >= 4 is 29.1 Å². The summed E-state index contributed by atoms with van der Waals surface area (Å²) in [6, 6.07) is 7.42. The molecule has 0 fully saturated rings. The van der Waals surface area contributed by atoms with E-state index in [0.717, 1.165) is 11.3 Å². The SMILES string of the molecule is COCCCN1C(=O)C(SC(C)C)=C(c2ccc(OCC(C)C)cc2)C1=O. The Morgan fingerprint density at radius 2 is 1.70 bits per heavy atom. The highest BCUT2D eigenvalue weighted by molar-refractivity contribution is 8.04. The highest BCUT2D eigenvalue weighted by atomic mass is 32.2. The van der Waals surface area contributed by atoms with Gasteiger partial charge in [0.2, 0.25) is 0 Å². The average molecular weight is 392 g/mol. The smallest absolute Gasteiger partial charge is 0.267 e. The van der Waals surface area contributed by atoms with Crippen molar-refractivity contribution in [2.45, 2.75) is 39.4 Å². The fourth-order valence-electron chi connectivity index (χ4n) is 2.70. The van der Waals surface area contributed by atoms with Gasteiger partial charge in [-0.05, 0) is 30.0 Å². The standard InChI is InChI=1S/C21H29NO4S/c1-14(2)13-26-17-9-7-16(8-10-17)18-19(27-15(3)4)21(24)22(20(18)23)11-6-12-25-5/h7-10,14-15H,6,11-13H2,1-5H3. The lowest BCUT2D eigenvalue weighted by molar-refractivity contribution is -0.136. The molecule has 1 aromatic rings. The van der Waals surface area contributed by atoms with Crippen molar-refractivity contribution in [3.05, 3.63) is 34.7 Å². The van der Waals surface area contributed by atoms with Crippen LogP contribution in [0, 0.1) is 5.92 Å².